The summed E-state index contributed by atoms with van der Waals surface area (Å²) in [6.45, 7) is 3.37. The fourth-order valence-corrected chi connectivity index (χ4v) is 3.03. The van der Waals surface area contributed by atoms with E-state index < -0.39 is 11.6 Å². The van der Waals surface area contributed by atoms with Gasteiger partial charge in [-0.15, -0.1) is 0 Å². The van der Waals surface area contributed by atoms with Crippen LogP contribution in [-0.2, 0) is 4.79 Å². The van der Waals surface area contributed by atoms with Crippen molar-refractivity contribution in [3.63, 3.8) is 0 Å². The average molecular weight is 334 g/mol. The lowest BCUT2D eigenvalue weighted by molar-refractivity contribution is -0.121. The first-order valence-electron chi connectivity index (χ1n) is 8.03. The fourth-order valence-electron chi connectivity index (χ4n) is 3.03. The predicted octanol–water partition coefficient (Wildman–Crippen LogP) is 2.83. The van der Waals surface area contributed by atoms with Crippen molar-refractivity contribution in [2.75, 3.05) is 18.4 Å². The Balaban J connectivity index is 1.63. The number of hydrogen-bond acceptors (Lipinski definition) is 3. The van der Waals surface area contributed by atoms with Gasteiger partial charge in [-0.25, -0.2) is 8.78 Å². The van der Waals surface area contributed by atoms with Crippen LogP contribution in [0.25, 0.3) is 0 Å². The number of benzene rings is 1. The van der Waals surface area contributed by atoms with E-state index in [1.54, 1.807) is 6.20 Å². The normalized spacial score (nSPS) is 19.9. The van der Waals surface area contributed by atoms with E-state index in [4.69, 9.17) is 0 Å². The van der Waals surface area contributed by atoms with Crippen molar-refractivity contribution < 1.29 is 13.6 Å². The Hall–Kier alpha value is -2.28. The number of piperidine rings is 1. The second-order valence-corrected chi connectivity index (χ2v) is 6.07. The molecule has 1 saturated heterocycles. The number of hydrogen-bond donors (Lipinski definition) is 1. The Kier molecular flexibility index (Phi) is 4.89. The van der Waals surface area contributed by atoms with Gasteiger partial charge in [0.1, 0.15) is 0 Å². The molecule has 0 radical (unpaired) electrons. The number of nitrogens with one attached hydrogen (secondary N) is 1. The predicted molar refractivity (Wildman–Crippen MR) is 86.5 cm³/mol. The number of amides is 1. The van der Waals surface area contributed by atoms with Gasteiger partial charge in [-0.05, 0) is 44.5 Å². The standard InChI is InChI=1S/C17H20F2N4O/c1-12(17(24)21-13-5-6-15(18)16(19)10-13)22-8-2-4-14(11-22)23-9-3-7-20-23/h3,5-7,9-10,12,14H,2,4,8,11H2,1H3,(H,21,24). The molecule has 128 valence electrons. The van der Waals surface area contributed by atoms with Crippen molar-refractivity contribution in [3.8, 4) is 0 Å². The minimum Gasteiger partial charge on any atom is -0.325 e. The summed E-state index contributed by atoms with van der Waals surface area (Å²) in [6, 6.07) is 5.11. The molecule has 2 atom stereocenters. The van der Waals surface area contributed by atoms with E-state index in [9.17, 15) is 13.6 Å². The van der Waals surface area contributed by atoms with Crippen LogP contribution in [0.1, 0.15) is 25.8 Å². The van der Waals surface area contributed by atoms with Crippen LogP contribution in [0.15, 0.2) is 36.7 Å². The van der Waals surface area contributed by atoms with Crippen LogP contribution in [0, 0.1) is 11.6 Å². The molecule has 0 saturated carbocycles. The van der Waals surface area contributed by atoms with Gasteiger partial charge in [-0.2, -0.15) is 5.10 Å². The zero-order valence-corrected chi connectivity index (χ0v) is 13.5. The smallest absolute Gasteiger partial charge is 0.241 e. The molecule has 5 nitrogen and oxygen atoms in total. The number of anilines is 1. The van der Waals surface area contributed by atoms with Crippen molar-refractivity contribution in [1.29, 1.82) is 0 Å². The summed E-state index contributed by atoms with van der Waals surface area (Å²) in [7, 11) is 0. The van der Waals surface area contributed by atoms with E-state index in [2.05, 4.69) is 15.3 Å². The molecule has 0 aliphatic carbocycles. The minimum atomic E-state index is -0.975. The highest BCUT2D eigenvalue weighted by atomic mass is 19.2. The zero-order chi connectivity index (χ0) is 17.1. The number of carbonyl (C=O) groups excluding carboxylic acids is 1. The van der Waals surface area contributed by atoms with Gasteiger partial charge < -0.3 is 5.32 Å². The van der Waals surface area contributed by atoms with Crippen molar-refractivity contribution in [2.45, 2.75) is 31.8 Å². The first-order chi connectivity index (χ1) is 11.5. The first-order valence-corrected chi connectivity index (χ1v) is 8.03. The van der Waals surface area contributed by atoms with Crippen molar-refractivity contribution in [3.05, 3.63) is 48.3 Å². The van der Waals surface area contributed by atoms with Gasteiger partial charge in [0.25, 0.3) is 0 Å². The van der Waals surface area contributed by atoms with E-state index >= 15 is 0 Å². The third-order valence-electron chi connectivity index (χ3n) is 4.44. The Morgan fingerprint density at radius 1 is 1.38 bits per heavy atom. The Bertz CT molecular complexity index is 705. The van der Waals surface area contributed by atoms with Crippen LogP contribution in [0.3, 0.4) is 0 Å². The summed E-state index contributed by atoms with van der Waals surface area (Å²) in [5, 5.41) is 6.92. The highest BCUT2D eigenvalue weighted by molar-refractivity contribution is 5.94. The summed E-state index contributed by atoms with van der Waals surface area (Å²) >= 11 is 0. The van der Waals surface area contributed by atoms with Gasteiger partial charge in [0, 0.05) is 30.7 Å². The van der Waals surface area contributed by atoms with Gasteiger partial charge in [0.15, 0.2) is 11.6 Å². The largest absolute Gasteiger partial charge is 0.325 e. The first kappa shape index (κ1) is 16.6. The van der Waals surface area contributed by atoms with E-state index in [1.807, 2.05) is 23.9 Å². The summed E-state index contributed by atoms with van der Waals surface area (Å²) in [5.74, 6) is -2.14. The topological polar surface area (TPSA) is 50.2 Å². The van der Waals surface area contributed by atoms with Gasteiger partial charge in [0.2, 0.25) is 5.91 Å². The molecule has 1 aliphatic rings. The van der Waals surface area contributed by atoms with Gasteiger partial charge in [-0.3, -0.25) is 14.4 Å². The Morgan fingerprint density at radius 2 is 2.21 bits per heavy atom. The van der Waals surface area contributed by atoms with Crippen molar-refractivity contribution in [1.82, 2.24) is 14.7 Å². The summed E-state index contributed by atoms with van der Waals surface area (Å²) in [5.41, 5.74) is 0.256. The van der Waals surface area contributed by atoms with Crippen LogP contribution in [0.4, 0.5) is 14.5 Å². The van der Waals surface area contributed by atoms with E-state index in [1.165, 1.54) is 6.07 Å². The molecule has 1 N–H and O–H groups in total. The molecule has 0 spiro atoms. The molecule has 2 heterocycles. The lowest BCUT2D eigenvalue weighted by Gasteiger charge is -2.36. The SMILES string of the molecule is CC(C(=O)Nc1ccc(F)c(F)c1)N1CCCC(n2cccn2)C1. The monoisotopic (exact) mass is 334 g/mol. The van der Waals surface area contributed by atoms with Gasteiger partial charge >= 0.3 is 0 Å². The van der Waals surface area contributed by atoms with Crippen LogP contribution in [0.5, 0.6) is 0 Å². The lowest BCUT2D eigenvalue weighted by atomic mass is 10.0. The second-order valence-electron chi connectivity index (χ2n) is 6.07. The lowest BCUT2D eigenvalue weighted by Crippen LogP contribution is -2.47. The molecule has 1 aliphatic heterocycles. The quantitative estimate of drug-likeness (QED) is 0.935. The molecular formula is C17H20F2N4O. The Labute approximate surface area is 139 Å². The number of nitrogens with zero attached hydrogens (tertiary/aromatic N) is 3. The maximum Gasteiger partial charge on any atom is 0.241 e. The molecule has 0 bridgehead atoms. The highest BCUT2D eigenvalue weighted by Crippen LogP contribution is 2.23. The van der Waals surface area contributed by atoms with E-state index in [-0.39, 0.29) is 23.7 Å². The van der Waals surface area contributed by atoms with Gasteiger partial charge in [-0.1, -0.05) is 0 Å². The number of aromatic nitrogens is 2. The summed E-state index contributed by atoms with van der Waals surface area (Å²) in [4.78, 5) is 14.5. The molecule has 1 aromatic carbocycles. The molecule has 2 unspecified atom stereocenters. The molecular weight excluding hydrogens is 314 g/mol. The molecule has 1 aromatic heterocycles. The van der Waals surface area contributed by atoms with E-state index in [0.29, 0.717) is 0 Å². The number of carbonyl (C=O) groups is 1. The molecule has 1 fully saturated rings. The summed E-state index contributed by atoms with van der Waals surface area (Å²) < 4.78 is 28.1. The van der Waals surface area contributed by atoms with Crippen molar-refractivity contribution >= 4 is 11.6 Å². The zero-order valence-electron chi connectivity index (χ0n) is 13.5. The molecule has 2 aromatic rings. The molecule has 3 rings (SSSR count). The third-order valence-corrected chi connectivity index (χ3v) is 4.44. The van der Waals surface area contributed by atoms with E-state index in [0.717, 1.165) is 38.1 Å². The highest BCUT2D eigenvalue weighted by Gasteiger charge is 2.28. The van der Waals surface area contributed by atoms with Gasteiger partial charge in [0.05, 0.1) is 12.1 Å². The minimum absolute atomic E-state index is 0.234. The average Bonchev–Trinajstić information content (AvgIpc) is 3.12. The number of likely N-dealkylation sites (tertiary alicyclic amines) is 1. The maximum atomic E-state index is 13.2. The van der Waals surface area contributed by atoms with Crippen molar-refractivity contribution in [2.24, 2.45) is 0 Å². The van der Waals surface area contributed by atoms with Crippen LogP contribution in [-0.4, -0.2) is 39.7 Å². The number of rotatable bonds is 4. The van der Waals surface area contributed by atoms with Crippen LogP contribution in [0.2, 0.25) is 0 Å². The maximum absolute atomic E-state index is 13.2. The third kappa shape index (κ3) is 3.62. The number of halogens is 2. The van der Waals surface area contributed by atoms with Crippen LogP contribution >= 0.6 is 0 Å². The fraction of sp³-hybridized carbons (Fsp3) is 0.412. The Morgan fingerprint density at radius 3 is 2.92 bits per heavy atom. The summed E-state index contributed by atoms with van der Waals surface area (Å²) in [6.07, 6.45) is 5.68. The molecule has 1 amide bonds. The molecule has 24 heavy (non-hydrogen) atoms. The van der Waals surface area contributed by atoms with Crippen LogP contribution < -0.4 is 5.32 Å². The molecule has 7 heteroatoms. The second kappa shape index (κ2) is 7.09.